The van der Waals surface area contributed by atoms with E-state index in [0.29, 0.717) is 0 Å². The first-order valence-electron chi connectivity index (χ1n) is 15.8. The Kier molecular flexibility index (Phi) is 6.27. The molecule has 0 amide bonds. The number of fused-ring (bicyclic) bond motifs is 8. The zero-order valence-corrected chi connectivity index (χ0v) is 25.2. The number of pyridine rings is 3. The topological polar surface area (TPSA) is 38.7 Å². The standard InChI is InChI=1S/C43H29N3/c1-2-4-12-34-30(9-3-1)19-22-36-35(25-26-44-43(34)36)39-24-21-32(27-45-39)28-15-17-31(18-16-28)42-38-23-20-29-10-5-6-11-33(29)41(38)37-13-7-8-14-40(37)46-42/h1-3,5-11,13-27H,4,12H2. The van der Waals surface area contributed by atoms with Crippen molar-refractivity contribution in [2.75, 3.05) is 0 Å². The molecule has 0 atom stereocenters. The fraction of sp³-hybridized carbons (Fsp3) is 0.0465. The number of benzene rings is 5. The van der Waals surface area contributed by atoms with Crippen molar-refractivity contribution in [3.63, 3.8) is 0 Å². The molecule has 0 saturated carbocycles. The van der Waals surface area contributed by atoms with Gasteiger partial charge >= 0.3 is 0 Å². The fourth-order valence-corrected chi connectivity index (χ4v) is 6.98. The minimum atomic E-state index is 0.952. The van der Waals surface area contributed by atoms with E-state index >= 15 is 0 Å². The third kappa shape index (κ3) is 4.40. The molecule has 3 nitrogen and oxygen atoms in total. The van der Waals surface area contributed by atoms with E-state index in [2.05, 4.69) is 140 Å². The molecule has 0 unspecified atom stereocenters. The van der Waals surface area contributed by atoms with Crippen LogP contribution in [0.5, 0.6) is 0 Å². The largest absolute Gasteiger partial charge is 0.256 e. The van der Waals surface area contributed by atoms with Crippen LogP contribution in [0.2, 0.25) is 0 Å². The first-order valence-corrected chi connectivity index (χ1v) is 15.8. The maximum Gasteiger partial charge on any atom is 0.0788 e. The first kappa shape index (κ1) is 26.5. The number of aryl methyl sites for hydroxylation is 1. The predicted molar refractivity (Wildman–Crippen MR) is 193 cm³/mol. The van der Waals surface area contributed by atoms with Crippen LogP contribution in [0.4, 0.5) is 0 Å². The first-order chi connectivity index (χ1) is 22.8. The summed E-state index contributed by atoms with van der Waals surface area (Å²) in [5.74, 6) is 0. The molecule has 46 heavy (non-hydrogen) atoms. The average Bonchev–Trinajstić information content (AvgIpc) is 3.11. The van der Waals surface area contributed by atoms with E-state index in [-0.39, 0.29) is 0 Å². The van der Waals surface area contributed by atoms with Gasteiger partial charge in [-0.1, -0.05) is 121 Å². The molecular formula is C43H29N3. The number of rotatable bonds is 3. The Morgan fingerprint density at radius 1 is 0.565 bits per heavy atom. The molecule has 0 N–H and O–H groups in total. The second-order valence-corrected chi connectivity index (χ2v) is 11.9. The summed E-state index contributed by atoms with van der Waals surface area (Å²) in [5.41, 5.74) is 11.0. The number of allylic oxidation sites excluding steroid dienone is 3. The normalized spacial score (nSPS) is 12.9. The highest BCUT2D eigenvalue weighted by Crippen LogP contribution is 2.38. The summed E-state index contributed by atoms with van der Waals surface area (Å²) < 4.78 is 0. The van der Waals surface area contributed by atoms with Crippen LogP contribution < -0.4 is 0 Å². The maximum absolute atomic E-state index is 5.17. The van der Waals surface area contributed by atoms with E-state index in [9.17, 15) is 0 Å². The van der Waals surface area contributed by atoms with E-state index in [1.807, 2.05) is 12.4 Å². The van der Waals surface area contributed by atoms with Crippen molar-refractivity contribution < 1.29 is 0 Å². The second kappa shape index (κ2) is 10.9. The van der Waals surface area contributed by atoms with Crippen LogP contribution in [0.25, 0.3) is 83.1 Å². The summed E-state index contributed by atoms with van der Waals surface area (Å²) in [6.07, 6.45) is 14.5. The van der Waals surface area contributed by atoms with Gasteiger partial charge in [-0.05, 0) is 58.5 Å². The van der Waals surface area contributed by atoms with Gasteiger partial charge in [0.2, 0.25) is 0 Å². The van der Waals surface area contributed by atoms with Crippen molar-refractivity contribution in [3.05, 3.63) is 157 Å². The molecule has 3 heterocycles. The van der Waals surface area contributed by atoms with Gasteiger partial charge in [0.15, 0.2) is 0 Å². The summed E-state index contributed by atoms with van der Waals surface area (Å²) >= 11 is 0. The summed E-state index contributed by atoms with van der Waals surface area (Å²) in [4.78, 5) is 14.9. The minimum absolute atomic E-state index is 0.952. The lowest BCUT2D eigenvalue weighted by Crippen LogP contribution is -1.96. The van der Waals surface area contributed by atoms with Gasteiger partial charge in [-0.25, -0.2) is 4.98 Å². The highest BCUT2D eigenvalue weighted by Gasteiger charge is 2.15. The molecule has 1 aliphatic rings. The molecule has 8 aromatic rings. The molecule has 0 radical (unpaired) electrons. The Balaban J connectivity index is 1.08. The Morgan fingerprint density at radius 2 is 1.37 bits per heavy atom. The quantitative estimate of drug-likeness (QED) is 0.193. The molecular weight excluding hydrogens is 558 g/mol. The second-order valence-electron chi connectivity index (χ2n) is 11.9. The number of aromatic nitrogens is 3. The monoisotopic (exact) mass is 587 g/mol. The van der Waals surface area contributed by atoms with E-state index in [4.69, 9.17) is 15.0 Å². The lowest BCUT2D eigenvalue weighted by Gasteiger charge is -2.14. The molecule has 216 valence electrons. The predicted octanol–water partition coefficient (Wildman–Crippen LogP) is 11.0. The third-order valence-corrected chi connectivity index (χ3v) is 9.26. The molecule has 9 rings (SSSR count). The number of para-hydroxylation sites is 1. The van der Waals surface area contributed by atoms with Crippen LogP contribution in [-0.4, -0.2) is 15.0 Å². The van der Waals surface area contributed by atoms with Crippen LogP contribution in [0.15, 0.2) is 146 Å². The molecule has 0 bridgehead atoms. The molecule has 0 saturated heterocycles. The highest BCUT2D eigenvalue weighted by atomic mass is 14.7. The molecule has 3 aromatic heterocycles. The lowest BCUT2D eigenvalue weighted by molar-refractivity contribution is 1.00. The fourth-order valence-electron chi connectivity index (χ4n) is 6.98. The van der Waals surface area contributed by atoms with Crippen LogP contribution in [0.1, 0.15) is 17.5 Å². The minimum Gasteiger partial charge on any atom is -0.256 e. The number of nitrogens with zero attached hydrogens (tertiary/aromatic N) is 3. The van der Waals surface area contributed by atoms with Crippen LogP contribution >= 0.6 is 0 Å². The van der Waals surface area contributed by atoms with E-state index in [1.54, 1.807) is 0 Å². The van der Waals surface area contributed by atoms with Crippen molar-refractivity contribution in [2.24, 2.45) is 0 Å². The molecule has 0 spiro atoms. The molecule has 0 fully saturated rings. The van der Waals surface area contributed by atoms with Gasteiger partial charge in [0, 0.05) is 50.6 Å². The van der Waals surface area contributed by atoms with Crippen LogP contribution in [0, 0.1) is 0 Å². The number of hydrogen-bond acceptors (Lipinski definition) is 3. The maximum atomic E-state index is 5.17. The van der Waals surface area contributed by atoms with Gasteiger partial charge in [0.1, 0.15) is 0 Å². The summed E-state index contributed by atoms with van der Waals surface area (Å²) in [6.45, 7) is 0. The van der Waals surface area contributed by atoms with Crippen molar-refractivity contribution in [1.29, 1.82) is 0 Å². The van der Waals surface area contributed by atoms with Crippen LogP contribution in [0.3, 0.4) is 0 Å². The van der Waals surface area contributed by atoms with Gasteiger partial charge in [-0.15, -0.1) is 0 Å². The number of hydrogen-bond donors (Lipinski definition) is 0. The Morgan fingerprint density at radius 3 is 2.26 bits per heavy atom. The van der Waals surface area contributed by atoms with Crippen molar-refractivity contribution >= 4 is 49.4 Å². The van der Waals surface area contributed by atoms with Crippen LogP contribution in [-0.2, 0) is 6.42 Å². The van der Waals surface area contributed by atoms with Crippen molar-refractivity contribution in [1.82, 2.24) is 15.0 Å². The zero-order chi connectivity index (χ0) is 30.5. The van der Waals surface area contributed by atoms with Gasteiger partial charge in [0.05, 0.1) is 22.4 Å². The molecule has 3 heteroatoms. The Hall–Kier alpha value is -5.93. The van der Waals surface area contributed by atoms with Gasteiger partial charge in [-0.3, -0.25) is 9.97 Å². The van der Waals surface area contributed by atoms with Crippen molar-refractivity contribution in [2.45, 2.75) is 12.8 Å². The SMILES string of the molecule is C1=CCCc2c(ccc3c(-c4ccc(-c5ccc(-c6nc7ccccc7c7c6ccc6ccccc67)cc5)cn4)ccnc23)C=C1. The van der Waals surface area contributed by atoms with E-state index < -0.39 is 0 Å². The average molecular weight is 588 g/mol. The van der Waals surface area contributed by atoms with Gasteiger partial charge in [-0.2, -0.15) is 0 Å². The Bertz CT molecular complexity index is 2490. The Labute approximate surface area is 267 Å². The lowest BCUT2D eigenvalue weighted by atomic mass is 9.94. The zero-order valence-electron chi connectivity index (χ0n) is 25.2. The smallest absolute Gasteiger partial charge is 0.0788 e. The molecule has 5 aromatic carbocycles. The summed E-state index contributed by atoms with van der Waals surface area (Å²) in [7, 11) is 0. The molecule has 0 aliphatic heterocycles. The van der Waals surface area contributed by atoms with Crippen molar-refractivity contribution in [3.8, 4) is 33.6 Å². The van der Waals surface area contributed by atoms with E-state index in [0.717, 1.165) is 62.9 Å². The molecule has 1 aliphatic carbocycles. The van der Waals surface area contributed by atoms with Gasteiger partial charge in [0.25, 0.3) is 0 Å². The highest BCUT2D eigenvalue weighted by molar-refractivity contribution is 6.22. The summed E-state index contributed by atoms with van der Waals surface area (Å²) in [6, 6.07) is 41.0. The van der Waals surface area contributed by atoms with E-state index in [1.165, 1.54) is 38.1 Å². The van der Waals surface area contributed by atoms with Gasteiger partial charge < -0.3 is 0 Å². The third-order valence-electron chi connectivity index (χ3n) is 9.26. The summed E-state index contributed by atoms with van der Waals surface area (Å²) in [5, 5.41) is 7.24.